The number of anilines is 1. The molecule has 3 saturated heterocycles. The molecule has 4 heterocycles. The molecule has 2 amide bonds. The van der Waals surface area contributed by atoms with E-state index in [0.717, 1.165) is 30.3 Å². The third-order valence-corrected chi connectivity index (χ3v) is 6.67. The lowest BCUT2D eigenvalue weighted by molar-refractivity contribution is -0.131. The van der Waals surface area contributed by atoms with Crippen molar-refractivity contribution in [3.05, 3.63) is 28.7 Å². The number of nitrogens with zero attached hydrogens (tertiary/aromatic N) is 4. The van der Waals surface area contributed by atoms with Gasteiger partial charge < -0.3 is 15.0 Å². The first-order chi connectivity index (χ1) is 15.5. The van der Waals surface area contributed by atoms with Crippen LogP contribution in [-0.2, 0) is 21.4 Å². The number of aryl methyl sites for hydroxylation is 1. The molecule has 0 bridgehead atoms. The van der Waals surface area contributed by atoms with Crippen LogP contribution < -0.4 is 20.9 Å². The van der Waals surface area contributed by atoms with Gasteiger partial charge in [0.1, 0.15) is 6.17 Å². The second-order valence-corrected chi connectivity index (χ2v) is 8.90. The quantitative estimate of drug-likeness (QED) is 0.681. The van der Waals surface area contributed by atoms with Gasteiger partial charge in [-0.05, 0) is 31.5 Å². The van der Waals surface area contributed by atoms with Gasteiger partial charge in [0.05, 0.1) is 29.4 Å². The Labute approximate surface area is 184 Å². The second kappa shape index (κ2) is 8.32. The first kappa shape index (κ1) is 21.1. The van der Waals surface area contributed by atoms with E-state index < -0.39 is 11.9 Å². The van der Waals surface area contributed by atoms with Gasteiger partial charge in [-0.2, -0.15) is 9.69 Å². The summed E-state index contributed by atoms with van der Waals surface area (Å²) in [5.41, 5.74) is 1.68. The predicted octanol–water partition coefficient (Wildman–Crippen LogP) is 0.668. The van der Waals surface area contributed by atoms with Gasteiger partial charge in [0.25, 0.3) is 0 Å². The number of carbonyl (C=O) groups is 2. The molecular weight excluding hydrogens is 417 g/mol. The van der Waals surface area contributed by atoms with E-state index >= 15 is 0 Å². The molecule has 0 radical (unpaired) electrons. The number of piperidine rings is 2. The summed E-state index contributed by atoms with van der Waals surface area (Å²) >= 11 is 0. The maximum atomic E-state index is 13.9. The molecule has 3 fully saturated rings. The van der Waals surface area contributed by atoms with Crippen LogP contribution in [0.4, 0.5) is 10.1 Å². The highest BCUT2D eigenvalue weighted by atomic mass is 19.1. The van der Waals surface area contributed by atoms with Crippen molar-refractivity contribution in [1.29, 1.82) is 0 Å². The van der Waals surface area contributed by atoms with Gasteiger partial charge in [0, 0.05) is 45.4 Å². The molecule has 0 unspecified atom stereocenters. The monoisotopic (exact) mass is 445 g/mol. The third-order valence-electron chi connectivity index (χ3n) is 6.67. The lowest BCUT2D eigenvalue weighted by Gasteiger charge is -2.42. The second-order valence-electron chi connectivity index (χ2n) is 8.90. The van der Waals surface area contributed by atoms with Gasteiger partial charge in [0.2, 0.25) is 11.8 Å². The summed E-state index contributed by atoms with van der Waals surface area (Å²) in [6.07, 6.45) is 0.376. The Kier molecular flexibility index (Phi) is 5.50. The van der Waals surface area contributed by atoms with Crippen molar-refractivity contribution < 1.29 is 18.7 Å². The molecule has 0 spiro atoms. The average Bonchev–Trinajstić information content (AvgIpc) is 2.99. The summed E-state index contributed by atoms with van der Waals surface area (Å²) < 4.78 is 22.5. The maximum absolute atomic E-state index is 13.9. The summed E-state index contributed by atoms with van der Waals surface area (Å²) in [5, 5.41) is 4.03. The number of fused-ring (bicyclic) bond motifs is 1. The van der Waals surface area contributed by atoms with Crippen molar-refractivity contribution in [2.24, 2.45) is 13.0 Å². The lowest BCUT2D eigenvalue weighted by Crippen LogP contribution is -2.52. The zero-order valence-electron chi connectivity index (χ0n) is 18.1. The van der Waals surface area contributed by atoms with Gasteiger partial charge in [0.15, 0.2) is 0 Å². The fourth-order valence-corrected chi connectivity index (χ4v) is 4.90. The van der Waals surface area contributed by atoms with Crippen LogP contribution in [0.15, 0.2) is 23.0 Å². The summed E-state index contributed by atoms with van der Waals surface area (Å²) in [5.74, 6) is -0.422. The number of para-hydroxylation sites is 1. The van der Waals surface area contributed by atoms with Gasteiger partial charge in [-0.15, -0.1) is 0 Å². The molecule has 32 heavy (non-hydrogen) atoms. The van der Waals surface area contributed by atoms with E-state index in [-0.39, 0.29) is 36.7 Å². The molecule has 1 N–H and O–H groups in total. The molecule has 0 aliphatic carbocycles. The number of imide groups is 1. The molecular formula is C22H28FN5O4. The summed E-state index contributed by atoms with van der Waals surface area (Å²) in [4.78, 5) is 40.1. The van der Waals surface area contributed by atoms with Crippen molar-refractivity contribution in [2.75, 3.05) is 42.7 Å². The van der Waals surface area contributed by atoms with Crippen LogP contribution in [0.1, 0.15) is 25.7 Å². The van der Waals surface area contributed by atoms with Crippen molar-refractivity contribution in [3.8, 4) is 0 Å². The zero-order chi connectivity index (χ0) is 22.4. The highest BCUT2D eigenvalue weighted by molar-refractivity contribution is 6.11. The van der Waals surface area contributed by atoms with Crippen molar-refractivity contribution >= 4 is 28.5 Å². The average molecular weight is 445 g/mol. The number of nitrogens with one attached hydrogen (secondary N) is 1. The van der Waals surface area contributed by atoms with E-state index in [1.165, 1.54) is 9.24 Å². The maximum Gasteiger partial charge on any atom is 0.348 e. The minimum atomic E-state index is -0.969. The highest BCUT2D eigenvalue weighted by Gasteiger charge is 2.34. The Bertz CT molecular complexity index is 1090. The summed E-state index contributed by atoms with van der Waals surface area (Å²) in [6.45, 7) is 3.10. The van der Waals surface area contributed by atoms with Crippen LogP contribution in [0, 0.1) is 5.92 Å². The summed E-state index contributed by atoms with van der Waals surface area (Å²) in [7, 11) is 1.66. The number of amides is 2. The molecule has 2 aromatic rings. The van der Waals surface area contributed by atoms with Gasteiger partial charge >= 0.3 is 5.69 Å². The van der Waals surface area contributed by atoms with E-state index in [1.807, 2.05) is 12.1 Å². The number of hydrogen-bond donors (Lipinski definition) is 1. The molecule has 172 valence electrons. The topological polar surface area (TPSA) is 88.8 Å². The number of hydrogen-bond acceptors (Lipinski definition) is 6. The van der Waals surface area contributed by atoms with E-state index in [0.29, 0.717) is 37.0 Å². The van der Waals surface area contributed by atoms with Crippen molar-refractivity contribution in [1.82, 2.24) is 14.6 Å². The number of aromatic nitrogens is 2. The van der Waals surface area contributed by atoms with Crippen LogP contribution >= 0.6 is 0 Å². The SMILES string of the molecule is Cn1c(=O)n(N2C(=O)CCCC2=O)c2cccc(N3CC(CO[C@H]4CCNC[C@@H]4F)C3)c21. The van der Waals surface area contributed by atoms with Crippen molar-refractivity contribution in [3.63, 3.8) is 0 Å². The van der Waals surface area contributed by atoms with E-state index in [9.17, 15) is 18.8 Å². The fraction of sp³-hybridized carbons (Fsp3) is 0.591. The molecule has 5 rings (SSSR count). The Morgan fingerprint density at radius 2 is 1.91 bits per heavy atom. The smallest absolute Gasteiger partial charge is 0.348 e. The Morgan fingerprint density at radius 3 is 2.62 bits per heavy atom. The summed E-state index contributed by atoms with van der Waals surface area (Å²) in [6, 6.07) is 5.53. The number of ether oxygens (including phenoxy) is 1. The van der Waals surface area contributed by atoms with Crippen LogP contribution in [0.5, 0.6) is 0 Å². The van der Waals surface area contributed by atoms with E-state index in [2.05, 4.69) is 10.2 Å². The van der Waals surface area contributed by atoms with Gasteiger partial charge in [-0.25, -0.2) is 9.18 Å². The Balaban J connectivity index is 1.36. The lowest BCUT2D eigenvalue weighted by atomic mass is 9.99. The number of carbonyl (C=O) groups excluding carboxylic acids is 2. The van der Waals surface area contributed by atoms with Gasteiger partial charge in [-0.3, -0.25) is 14.2 Å². The molecule has 1 aromatic carbocycles. The number of alkyl halides is 1. The largest absolute Gasteiger partial charge is 0.375 e. The minimum absolute atomic E-state index is 0.249. The minimum Gasteiger partial charge on any atom is -0.375 e. The van der Waals surface area contributed by atoms with Crippen LogP contribution in [0.25, 0.3) is 11.0 Å². The normalized spacial score (nSPS) is 24.9. The molecule has 0 saturated carbocycles. The van der Waals surface area contributed by atoms with Crippen molar-refractivity contribution in [2.45, 2.75) is 38.0 Å². The number of imidazole rings is 1. The molecule has 2 atom stereocenters. The molecule has 3 aliphatic rings. The van der Waals surface area contributed by atoms with E-state index in [1.54, 1.807) is 13.1 Å². The Morgan fingerprint density at radius 1 is 1.16 bits per heavy atom. The standard InChI is InChI=1S/C22H28FN5O4/c1-25-21-16(26-11-14(12-26)13-32-18-8-9-24-10-15(18)23)4-2-5-17(21)27(22(25)31)28-19(29)6-3-7-20(28)30/h2,4-5,14-15,18,24H,3,6-13H2,1H3/t15-,18-/m0/s1. The van der Waals surface area contributed by atoms with E-state index in [4.69, 9.17) is 4.74 Å². The molecule has 3 aliphatic heterocycles. The number of rotatable bonds is 5. The first-order valence-corrected chi connectivity index (χ1v) is 11.2. The van der Waals surface area contributed by atoms with Crippen LogP contribution in [0.3, 0.4) is 0 Å². The number of benzene rings is 1. The highest BCUT2D eigenvalue weighted by Crippen LogP contribution is 2.32. The predicted molar refractivity (Wildman–Crippen MR) is 117 cm³/mol. The third kappa shape index (κ3) is 3.51. The van der Waals surface area contributed by atoms with Crippen LogP contribution in [0.2, 0.25) is 0 Å². The molecule has 9 nitrogen and oxygen atoms in total. The van der Waals surface area contributed by atoms with Crippen LogP contribution in [-0.4, -0.2) is 66.1 Å². The fourth-order valence-electron chi connectivity index (χ4n) is 4.90. The zero-order valence-corrected chi connectivity index (χ0v) is 18.1. The number of halogens is 1. The molecule has 10 heteroatoms. The van der Waals surface area contributed by atoms with Gasteiger partial charge in [-0.1, -0.05) is 6.07 Å². The first-order valence-electron chi connectivity index (χ1n) is 11.2. The Hall–Kier alpha value is -2.72. The molecule has 1 aromatic heterocycles.